The first-order valence-corrected chi connectivity index (χ1v) is 10.8. The lowest BCUT2D eigenvalue weighted by molar-refractivity contribution is -0.123. The van der Waals surface area contributed by atoms with Gasteiger partial charge in [0.1, 0.15) is 5.82 Å². The van der Waals surface area contributed by atoms with Crippen LogP contribution in [0.3, 0.4) is 0 Å². The van der Waals surface area contributed by atoms with Crippen molar-refractivity contribution in [3.63, 3.8) is 0 Å². The largest absolute Gasteiger partial charge is 0.354 e. The SMILES string of the molecule is CC[C@@H](CNC(=O)CN1CCN(CC(=O)Nc2ccc(F)cc2)CC1)c1ccccc1. The fraction of sp³-hybridized carbons (Fsp3) is 0.417. The third kappa shape index (κ3) is 7.45. The second kappa shape index (κ2) is 11.6. The second-order valence-electron chi connectivity index (χ2n) is 7.93. The highest BCUT2D eigenvalue weighted by Crippen LogP contribution is 2.18. The number of nitrogens with one attached hydrogen (secondary N) is 2. The minimum Gasteiger partial charge on any atom is -0.354 e. The van der Waals surface area contributed by atoms with Gasteiger partial charge in [0.25, 0.3) is 0 Å². The number of carbonyl (C=O) groups excluding carboxylic acids is 2. The highest BCUT2D eigenvalue weighted by molar-refractivity contribution is 5.92. The number of benzene rings is 2. The maximum Gasteiger partial charge on any atom is 0.238 e. The minimum absolute atomic E-state index is 0.0388. The molecule has 2 N–H and O–H groups in total. The van der Waals surface area contributed by atoms with Gasteiger partial charge in [0.05, 0.1) is 13.1 Å². The molecule has 2 aromatic carbocycles. The van der Waals surface area contributed by atoms with E-state index in [1.54, 1.807) is 12.1 Å². The van der Waals surface area contributed by atoms with E-state index in [1.165, 1.54) is 17.7 Å². The minimum atomic E-state index is -0.330. The summed E-state index contributed by atoms with van der Waals surface area (Å²) in [6, 6.07) is 16.0. The molecule has 1 aliphatic heterocycles. The van der Waals surface area contributed by atoms with Crippen LogP contribution in [-0.2, 0) is 9.59 Å². The second-order valence-corrected chi connectivity index (χ2v) is 7.93. The zero-order valence-electron chi connectivity index (χ0n) is 18.0. The summed E-state index contributed by atoms with van der Waals surface area (Å²) in [5.74, 6) is -0.0914. The van der Waals surface area contributed by atoms with Gasteiger partial charge >= 0.3 is 0 Å². The molecule has 0 saturated carbocycles. The summed E-state index contributed by atoms with van der Waals surface area (Å²) < 4.78 is 13.0. The van der Waals surface area contributed by atoms with Crippen molar-refractivity contribution in [1.29, 1.82) is 0 Å². The standard InChI is InChI=1S/C24H31FN4O2/c1-2-19(20-6-4-3-5-7-20)16-26-23(30)17-28-12-14-29(15-13-28)18-24(31)27-22-10-8-21(25)9-11-22/h3-11,19H,2,12-18H2,1H3,(H,26,30)(H,27,31)/t19-/m0/s1. The van der Waals surface area contributed by atoms with E-state index in [0.717, 1.165) is 32.6 Å². The van der Waals surface area contributed by atoms with Crippen LogP contribution in [0.15, 0.2) is 54.6 Å². The van der Waals surface area contributed by atoms with Gasteiger partial charge in [0.15, 0.2) is 0 Å². The number of hydrogen-bond donors (Lipinski definition) is 2. The highest BCUT2D eigenvalue weighted by atomic mass is 19.1. The molecule has 0 aliphatic carbocycles. The molecule has 1 saturated heterocycles. The summed E-state index contributed by atoms with van der Waals surface area (Å²) in [4.78, 5) is 28.8. The monoisotopic (exact) mass is 426 g/mol. The van der Waals surface area contributed by atoms with Crippen LogP contribution in [0.2, 0.25) is 0 Å². The smallest absolute Gasteiger partial charge is 0.238 e. The number of halogens is 1. The maximum atomic E-state index is 13.0. The van der Waals surface area contributed by atoms with Crippen molar-refractivity contribution in [1.82, 2.24) is 15.1 Å². The van der Waals surface area contributed by atoms with Crippen molar-refractivity contribution >= 4 is 17.5 Å². The molecule has 166 valence electrons. The molecule has 1 aliphatic rings. The van der Waals surface area contributed by atoms with E-state index in [4.69, 9.17) is 0 Å². The van der Waals surface area contributed by atoms with Gasteiger partial charge < -0.3 is 10.6 Å². The molecule has 0 bridgehead atoms. The molecule has 0 radical (unpaired) electrons. The molecule has 3 rings (SSSR count). The van der Waals surface area contributed by atoms with Gasteiger partial charge in [-0.05, 0) is 36.2 Å². The summed E-state index contributed by atoms with van der Waals surface area (Å²) in [6.45, 7) is 6.38. The molecule has 2 aromatic rings. The Morgan fingerprint density at radius 2 is 1.48 bits per heavy atom. The van der Waals surface area contributed by atoms with Crippen molar-refractivity contribution in [2.75, 3.05) is 51.1 Å². The number of carbonyl (C=O) groups is 2. The molecule has 31 heavy (non-hydrogen) atoms. The van der Waals surface area contributed by atoms with Crippen LogP contribution in [0.4, 0.5) is 10.1 Å². The molecule has 2 amide bonds. The zero-order valence-corrected chi connectivity index (χ0v) is 18.0. The third-order valence-corrected chi connectivity index (χ3v) is 5.64. The Hall–Kier alpha value is -2.77. The predicted molar refractivity (Wildman–Crippen MR) is 120 cm³/mol. The Bertz CT molecular complexity index is 836. The molecule has 7 heteroatoms. The Kier molecular flexibility index (Phi) is 8.55. The molecular formula is C24H31FN4O2. The van der Waals surface area contributed by atoms with Crippen LogP contribution < -0.4 is 10.6 Å². The van der Waals surface area contributed by atoms with Crippen LogP contribution in [0.1, 0.15) is 24.8 Å². The van der Waals surface area contributed by atoms with Crippen molar-refractivity contribution < 1.29 is 14.0 Å². The number of rotatable bonds is 9. The van der Waals surface area contributed by atoms with Crippen LogP contribution in [-0.4, -0.2) is 67.4 Å². The van der Waals surface area contributed by atoms with Crippen molar-refractivity contribution in [3.05, 3.63) is 66.0 Å². The summed E-state index contributed by atoms with van der Waals surface area (Å²) in [5, 5.41) is 5.85. The summed E-state index contributed by atoms with van der Waals surface area (Å²) in [7, 11) is 0. The molecule has 6 nitrogen and oxygen atoms in total. The summed E-state index contributed by atoms with van der Waals surface area (Å²) in [5.41, 5.74) is 1.83. The van der Waals surface area contributed by atoms with E-state index in [1.807, 2.05) is 18.2 Å². The molecule has 0 spiro atoms. The van der Waals surface area contributed by atoms with E-state index in [9.17, 15) is 14.0 Å². The van der Waals surface area contributed by atoms with Gasteiger partial charge in [-0.15, -0.1) is 0 Å². The fourth-order valence-electron chi connectivity index (χ4n) is 3.76. The summed E-state index contributed by atoms with van der Waals surface area (Å²) >= 11 is 0. The zero-order chi connectivity index (χ0) is 22.1. The molecule has 0 aromatic heterocycles. The van der Waals surface area contributed by atoms with Crippen molar-refractivity contribution in [2.45, 2.75) is 19.3 Å². The number of piperazine rings is 1. The lowest BCUT2D eigenvalue weighted by atomic mass is 9.96. The Labute approximate surface area is 183 Å². The number of amides is 2. The summed E-state index contributed by atoms with van der Waals surface area (Å²) in [6.07, 6.45) is 0.975. The molecule has 1 heterocycles. The Morgan fingerprint density at radius 1 is 0.903 bits per heavy atom. The lowest BCUT2D eigenvalue weighted by Crippen LogP contribution is -2.51. The van der Waals surface area contributed by atoms with E-state index < -0.39 is 0 Å². The quantitative estimate of drug-likeness (QED) is 0.647. The van der Waals surface area contributed by atoms with Crippen LogP contribution in [0.5, 0.6) is 0 Å². The van der Waals surface area contributed by atoms with Gasteiger partial charge in [0.2, 0.25) is 11.8 Å². The van der Waals surface area contributed by atoms with E-state index in [-0.39, 0.29) is 24.2 Å². The maximum absolute atomic E-state index is 13.0. The van der Waals surface area contributed by atoms with Crippen LogP contribution in [0.25, 0.3) is 0 Å². The highest BCUT2D eigenvalue weighted by Gasteiger charge is 2.21. The number of hydrogen-bond acceptors (Lipinski definition) is 4. The van der Waals surface area contributed by atoms with E-state index in [0.29, 0.717) is 24.7 Å². The molecule has 1 fully saturated rings. The van der Waals surface area contributed by atoms with Gasteiger partial charge in [-0.2, -0.15) is 0 Å². The van der Waals surface area contributed by atoms with Crippen molar-refractivity contribution in [3.8, 4) is 0 Å². The average molecular weight is 427 g/mol. The first kappa shape index (κ1) is 22.9. The first-order chi connectivity index (χ1) is 15.0. The van der Waals surface area contributed by atoms with Crippen molar-refractivity contribution in [2.24, 2.45) is 0 Å². The van der Waals surface area contributed by atoms with E-state index >= 15 is 0 Å². The normalized spacial score (nSPS) is 15.9. The van der Waals surface area contributed by atoms with Gasteiger partial charge in [-0.25, -0.2) is 4.39 Å². The van der Waals surface area contributed by atoms with Gasteiger partial charge in [0, 0.05) is 44.3 Å². The number of anilines is 1. The first-order valence-electron chi connectivity index (χ1n) is 10.8. The Balaban J connectivity index is 1.35. The predicted octanol–water partition coefficient (Wildman–Crippen LogP) is 2.69. The third-order valence-electron chi connectivity index (χ3n) is 5.64. The molecule has 0 unspecified atom stereocenters. The molecule has 1 atom stereocenters. The fourth-order valence-corrected chi connectivity index (χ4v) is 3.76. The van der Waals surface area contributed by atoms with Crippen LogP contribution in [0, 0.1) is 5.82 Å². The average Bonchev–Trinajstić information content (AvgIpc) is 2.78. The Morgan fingerprint density at radius 3 is 2.06 bits per heavy atom. The lowest BCUT2D eigenvalue weighted by Gasteiger charge is -2.33. The van der Waals surface area contributed by atoms with Crippen LogP contribution >= 0.6 is 0 Å². The van der Waals surface area contributed by atoms with E-state index in [2.05, 4.69) is 39.5 Å². The van der Waals surface area contributed by atoms with Gasteiger partial charge in [-0.1, -0.05) is 37.3 Å². The topological polar surface area (TPSA) is 64.7 Å². The number of nitrogens with zero attached hydrogens (tertiary/aromatic N) is 2. The van der Waals surface area contributed by atoms with Gasteiger partial charge in [-0.3, -0.25) is 19.4 Å². The molecular weight excluding hydrogens is 395 g/mol.